The molecular formula is C21H29N3O5. The van der Waals surface area contributed by atoms with Crippen molar-refractivity contribution < 1.29 is 23.8 Å². The Morgan fingerprint density at radius 3 is 2.45 bits per heavy atom. The third kappa shape index (κ3) is 6.51. The highest BCUT2D eigenvalue weighted by molar-refractivity contribution is 5.89. The number of nitrogens with one attached hydrogen (secondary N) is 1. The van der Waals surface area contributed by atoms with E-state index in [-0.39, 0.29) is 12.6 Å². The number of esters is 1. The maximum atomic E-state index is 12.3. The van der Waals surface area contributed by atoms with Gasteiger partial charge in [-0.15, -0.1) is 5.10 Å². The van der Waals surface area contributed by atoms with Gasteiger partial charge in [0.1, 0.15) is 12.2 Å². The molecule has 2 rings (SSSR count). The quantitative estimate of drug-likeness (QED) is 0.713. The van der Waals surface area contributed by atoms with E-state index in [2.05, 4.69) is 10.4 Å². The molecule has 1 aromatic carbocycles. The smallest absolute Gasteiger partial charge is 0.407 e. The Kier molecular flexibility index (Phi) is 7.25. The number of carbonyl (C=O) groups excluding carboxylic acids is 2. The van der Waals surface area contributed by atoms with Crippen LogP contribution in [0.25, 0.3) is 0 Å². The van der Waals surface area contributed by atoms with E-state index in [1.807, 2.05) is 30.3 Å². The maximum Gasteiger partial charge on any atom is 0.407 e. The van der Waals surface area contributed by atoms with Crippen molar-refractivity contribution in [3.63, 3.8) is 0 Å². The summed E-state index contributed by atoms with van der Waals surface area (Å²) in [7, 11) is 1.33. The average Bonchev–Trinajstić information content (AvgIpc) is 2.93. The van der Waals surface area contributed by atoms with E-state index in [0.717, 1.165) is 5.56 Å². The lowest BCUT2D eigenvalue weighted by atomic mass is 10.2. The molecule has 0 radical (unpaired) electrons. The van der Waals surface area contributed by atoms with Crippen molar-refractivity contribution in [3.05, 3.63) is 47.2 Å². The van der Waals surface area contributed by atoms with Gasteiger partial charge < -0.3 is 19.5 Å². The fraction of sp³-hybridized carbons (Fsp3) is 0.476. The van der Waals surface area contributed by atoms with Gasteiger partial charge in [0.15, 0.2) is 5.69 Å². The Morgan fingerprint density at radius 2 is 1.86 bits per heavy atom. The van der Waals surface area contributed by atoms with Gasteiger partial charge in [0.25, 0.3) is 0 Å². The molecule has 1 aromatic heterocycles. The fourth-order valence-electron chi connectivity index (χ4n) is 2.65. The summed E-state index contributed by atoms with van der Waals surface area (Å²) in [5.41, 5.74) is 1.33. The van der Waals surface area contributed by atoms with Crippen LogP contribution in [-0.4, -0.2) is 47.2 Å². The van der Waals surface area contributed by atoms with Crippen LogP contribution in [0.2, 0.25) is 0 Å². The molecule has 1 amide bonds. The Bertz CT molecular complexity index is 840. The van der Waals surface area contributed by atoms with Gasteiger partial charge >= 0.3 is 12.1 Å². The zero-order chi connectivity index (χ0) is 21.6. The van der Waals surface area contributed by atoms with Gasteiger partial charge in [-0.3, -0.25) is 0 Å². The van der Waals surface area contributed by atoms with E-state index in [1.54, 1.807) is 39.3 Å². The number of benzene rings is 1. The Hall–Kier alpha value is -3.03. The number of nitrogens with zero attached hydrogens (tertiary/aromatic N) is 2. The van der Waals surface area contributed by atoms with Gasteiger partial charge in [-0.2, -0.15) is 0 Å². The van der Waals surface area contributed by atoms with Crippen LogP contribution < -0.4 is 10.1 Å². The summed E-state index contributed by atoms with van der Waals surface area (Å²) in [5.74, 6) is -0.167. The SMILES string of the molecule is COC(=O)c1c(C)c(OC[C@H](C)NC(=O)OC(C)(C)C)nn1Cc1ccccc1. The van der Waals surface area contributed by atoms with Crippen LogP contribution in [0.1, 0.15) is 49.3 Å². The van der Waals surface area contributed by atoms with E-state index < -0.39 is 17.7 Å². The molecule has 29 heavy (non-hydrogen) atoms. The minimum atomic E-state index is -0.577. The largest absolute Gasteiger partial charge is 0.474 e. The van der Waals surface area contributed by atoms with E-state index >= 15 is 0 Å². The topological polar surface area (TPSA) is 91.7 Å². The number of carbonyl (C=O) groups is 2. The van der Waals surface area contributed by atoms with Crippen LogP contribution >= 0.6 is 0 Å². The molecule has 0 bridgehead atoms. The predicted molar refractivity (Wildman–Crippen MR) is 108 cm³/mol. The van der Waals surface area contributed by atoms with Gasteiger partial charge in [-0.25, -0.2) is 14.3 Å². The molecule has 0 unspecified atom stereocenters. The summed E-state index contributed by atoms with van der Waals surface area (Å²) in [6.07, 6.45) is -0.518. The van der Waals surface area contributed by atoms with Gasteiger partial charge in [0.05, 0.1) is 19.7 Å². The number of aromatic nitrogens is 2. The Labute approximate surface area is 171 Å². The van der Waals surface area contributed by atoms with E-state index in [9.17, 15) is 9.59 Å². The van der Waals surface area contributed by atoms with Crippen LogP contribution in [0.4, 0.5) is 4.79 Å². The first-order chi connectivity index (χ1) is 13.6. The highest BCUT2D eigenvalue weighted by Crippen LogP contribution is 2.22. The second-order valence-electron chi connectivity index (χ2n) is 7.77. The van der Waals surface area contributed by atoms with Gasteiger partial charge in [-0.1, -0.05) is 30.3 Å². The second kappa shape index (κ2) is 9.45. The molecule has 2 aromatic rings. The molecule has 0 saturated heterocycles. The zero-order valence-corrected chi connectivity index (χ0v) is 17.8. The maximum absolute atomic E-state index is 12.3. The molecule has 0 fully saturated rings. The third-order valence-electron chi connectivity index (χ3n) is 3.93. The Morgan fingerprint density at radius 1 is 1.21 bits per heavy atom. The average molecular weight is 403 g/mol. The number of alkyl carbamates (subject to hydrolysis) is 1. The normalized spacial score (nSPS) is 12.2. The first-order valence-corrected chi connectivity index (χ1v) is 9.42. The molecular weight excluding hydrogens is 374 g/mol. The van der Waals surface area contributed by atoms with Gasteiger partial charge in [0.2, 0.25) is 5.88 Å². The fourth-order valence-corrected chi connectivity index (χ4v) is 2.65. The molecule has 0 aliphatic heterocycles. The third-order valence-corrected chi connectivity index (χ3v) is 3.93. The molecule has 158 valence electrons. The lowest BCUT2D eigenvalue weighted by molar-refractivity contribution is 0.0492. The minimum absolute atomic E-state index is 0.170. The Balaban J connectivity index is 2.10. The summed E-state index contributed by atoms with van der Waals surface area (Å²) >= 11 is 0. The summed E-state index contributed by atoms with van der Waals surface area (Å²) < 4.78 is 17.5. The molecule has 1 atom stereocenters. The number of methoxy groups -OCH3 is 1. The van der Waals surface area contributed by atoms with Crippen LogP contribution in [0, 0.1) is 6.92 Å². The van der Waals surface area contributed by atoms with Crippen LogP contribution in [0.5, 0.6) is 5.88 Å². The number of hydrogen-bond donors (Lipinski definition) is 1. The highest BCUT2D eigenvalue weighted by Gasteiger charge is 2.23. The predicted octanol–water partition coefficient (Wildman–Crippen LogP) is 3.32. The van der Waals surface area contributed by atoms with Crippen molar-refractivity contribution in [3.8, 4) is 5.88 Å². The number of ether oxygens (including phenoxy) is 3. The van der Waals surface area contributed by atoms with Crippen LogP contribution in [0.15, 0.2) is 30.3 Å². The minimum Gasteiger partial charge on any atom is -0.474 e. The molecule has 8 heteroatoms. The number of rotatable bonds is 7. The van der Waals surface area contributed by atoms with E-state index in [4.69, 9.17) is 14.2 Å². The van der Waals surface area contributed by atoms with Crippen LogP contribution in [-0.2, 0) is 16.0 Å². The second-order valence-corrected chi connectivity index (χ2v) is 7.77. The summed E-state index contributed by atoms with van der Waals surface area (Å²) in [5, 5.41) is 7.14. The van der Waals surface area contributed by atoms with E-state index in [1.165, 1.54) is 7.11 Å². The van der Waals surface area contributed by atoms with Gasteiger partial charge in [-0.05, 0) is 40.2 Å². The zero-order valence-electron chi connectivity index (χ0n) is 17.8. The lowest BCUT2D eigenvalue weighted by Crippen LogP contribution is -2.40. The molecule has 0 aliphatic carbocycles. The molecule has 0 spiro atoms. The molecule has 1 N–H and O–H groups in total. The standard InChI is InChI=1S/C21H29N3O5/c1-14(22-20(26)29-21(3,4)5)13-28-18-15(2)17(19(25)27-6)24(23-18)12-16-10-8-7-9-11-16/h7-11,14H,12-13H2,1-6H3,(H,22,26)/t14-/m0/s1. The van der Waals surface area contributed by atoms with E-state index in [0.29, 0.717) is 23.7 Å². The van der Waals surface area contributed by atoms with Crippen molar-refractivity contribution in [1.29, 1.82) is 0 Å². The molecule has 1 heterocycles. The lowest BCUT2D eigenvalue weighted by Gasteiger charge is -2.21. The first kappa shape index (κ1) is 22.3. The molecule has 8 nitrogen and oxygen atoms in total. The van der Waals surface area contributed by atoms with Crippen molar-refractivity contribution in [2.24, 2.45) is 0 Å². The number of amides is 1. The highest BCUT2D eigenvalue weighted by atomic mass is 16.6. The van der Waals surface area contributed by atoms with Gasteiger partial charge in [0, 0.05) is 5.56 Å². The van der Waals surface area contributed by atoms with Crippen LogP contribution in [0.3, 0.4) is 0 Å². The molecule has 0 saturated carbocycles. The number of hydrogen-bond acceptors (Lipinski definition) is 6. The monoisotopic (exact) mass is 403 g/mol. The first-order valence-electron chi connectivity index (χ1n) is 9.42. The van der Waals surface area contributed by atoms with Crippen molar-refractivity contribution in [1.82, 2.24) is 15.1 Å². The van der Waals surface area contributed by atoms with Crippen molar-refractivity contribution >= 4 is 12.1 Å². The summed E-state index contributed by atoms with van der Waals surface area (Å²) in [6.45, 7) is 9.51. The molecule has 0 aliphatic rings. The summed E-state index contributed by atoms with van der Waals surface area (Å²) in [6, 6.07) is 9.35. The van der Waals surface area contributed by atoms with Crippen molar-refractivity contribution in [2.75, 3.05) is 13.7 Å². The van der Waals surface area contributed by atoms with Crippen molar-refractivity contribution in [2.45, 2.75) is 52.8 Å². The summed E-state index contributed by atoms with van der Waals surface area (Å²) in [4.78, 5) is 24.1.